The maximum absolute atomic E-state index is 11.9. The highest BCUT2D eigenvalue weighted by atomic mass is 32.2. The van der Waals surface area contributed by atoms with Crippen LogP contribution in [0, 0.1) is 5.92 Å². The van der Waals surface area contributed by atoms with Crippen molar-refractivity contribution in [1.82, 2.24) is 5.32 Å². The quantitative estimate of drug-likeness (QED) is 0.816. The normalized spacial score (nSPS) is 21.8. The molecule has 0 bridgehead atoms. The van der Waals surface area contributed by atoms with Crippen LogP contribution in [0.25, 0.3) is 0 Å². The van der Waals surface area contributed by atoms with Gasteiger partial charge in [-0.05, 0) is 37.1 Å². The summed E-state index contributed by atoms with van der Waals surface area (Å²) in [6.45, 7) is 0. The first kappa shape index (κ1) is 16.4. The van der Waals surface area contributed by atoms with Gasteiger partial charge in [-0.1, -0.05) is 6.07 Å². The first-order valence-electron chi connectivity index (χ1n) is 7.16. The number of esters is 1. The zero-order chi connectivity index (χ0) is 15.1. The molecule has 0 atom stereocenters. The number of hydrogen-bond acceptors (Lipinski definition) is 5. The van der Waals surface area contributed by atoms with Crippen molar-refractivity contribution in [3.05, 3.63) is 22.4 Å². The monoisotopic (exact) mass is 327 g/mol. The van der Waals surface area contributed by atoms with Crippen LogP contribution in [0.4, 0.5) is 0 Å². The lowest BCUT2D eigenvalue weighted by Crippen LogP contribution is -2.39. The molecule has 1 aromatic heterocycles. The maximum atomic E-state index is 11.9. The van der Waals surface area contributed by atoms with E-state index in [0.29, 0.717) is 5.75 Å². The Morgan fingerprint density at radius 3 is 2.76 bits per heavy atom. The lowest BCUT2D eigenvalue weighted by Gasteiger charge is -2.27. The molecule has 1 aliphatic carbocycles. The fraction of sp³-hybridized carbons (Fsp3) is 0.600. The highest BCUT2D eigenvalue weighted by Crippen LogP contribution is 2.25. The Labute approximate surface area is 133 Å². The van der Waals surface area contributed by atoms with Gasteiger partial charge in [0.25, 0.3) is 0 Å². The minimum absolute atomic E-state index is 0.0105. The van der Waals surface area contributed by atoms with Crippen LogP contribution < -0.4 is 5.32 Å². The molecular weight excluding hydrogens is 306 g/mol. The van der Waals surface area contributed by atoms with Gasteiger partial charge in [0.1, 0.15) is 0 Å². The smallest absolute Gasteiger partial charge is 0.308 e. The summed E-state index contributed by atoms with van der Waals surface area (Å²) >= 11 is 3.36. The molecule has 0 aliphatic heterocycles. The van der Waals surface area contributed by atoms with Crippen molar-refractivity contribution in [2.24, 2.45) is 5.92 Å². The van der Waals surface area contributed by atoms with E-state index in [0.717, 1.165) is 31.4 Å². The van der Waals surface area contributed by atoms with Crippen molar-refractivity contribution < 1.29 is 14.3 Å². The van der Waals surface area contributed by atoms with Crippen molar-refractivity contribution in [2.75, 3.05) is 12.9 Å². The van der Waals surface area contributed by atoms with Crippen LogP contribution in [0.1, 0.15) is 30.6 Å². The summed E-state index contributed by atoms with van der Waals surface area (Å²) in [6.07, 6.45) is 3.34. The van der Waals surface area contributed by atoms with E-state index in [4.69, 9.17) is 4.74 Å². The molecule has 0 unspecified atom stereocenters. The summed E-state index contributed by atoms with van der Waals surface area (Å²) in [4.78, 5) is 24.6. The van der Waals surface area contributed by atoms with Crippen LogP contribution in [-0.4, -0.2) is 30.8 Å². The minimum Gasteiger partial charge on any atom is -0.469 e. The topological polar surface area (TPSA) is 55.4 Å². The zero-order valence-electron chi connectivity index (χ0n) is 12.2. The molecule has 0 spiro atoms. The summed E-state index contributed by atoms with van der Waals surface area (Å²) < 4.78 is 4.77. The molecule has 1 aliphatic rings. The van der Waals surface area contributed by atoms with E-state index in [1.807, 2.05) is 6.07 Å². The van der Waals surface area contributed by atoms with Crippen molar-refractivity contribution >= 4 is 35.0 Å². The van der Waals surface area contributed by atoms with Gasteiger partial charge in [-0.3, -0.25) is 9.59 Å². The highest BCUT2D eigenvalue weighted by Gasteiger charge is 2.27. The van der Waals surface area contributed by atoms with Gasteiger partial charge >= 0.3 is 5.97 Å². The van der Waals surface area contributed by atoms with Gasteiger partial charge in [0, 0.05) is 16.7 Å². The number of nitrogens with one attached hydrogen (secondary N) is 1. The number of ether oxygens (including phenoxy) is 1. The Morgan fingerprint density at radius 1 is 1.38 bits per heavy atom. The molecule has 1 N–H and O–H groups in total. The molecule has 2 rings (SSSR count). The maximum Gasteiger partial charge on any atom is 0.308 e. The molecule has 6 heteroatoms. The van der Waals surface area contributed by atoms with Crippen LogP contribution in [-0.2, 0) is 20.1 Å². The lowest BCUT2D eigenvalue weighted by atomic mass is 9.86. The summed E-state index contributed by atoms with van der Waals surface area (Å²) in [5, 5.41) is 5.12. The summed E-state index contributed by atoms with van der Waals surface area (Å²) in [5.41, 5.74) is 0. The zero-order valence-corrected chi connectivity index (χ0v) is 13.8. The van der Waals surface area contributed by atoms with Crippen molar-refractivity contribution in [1.29, 1.82) is 0 Å². The largest absolute Gasteiger partial charge is 0.469 e. The van der Waals surface area contributed by atoms with Gasteiger partial charge in [-0.2, -0.15) is 0 Å². The second-order valence-corrected chi connectivity index (χ2v) is 7.23. The van der Waals surface area contributed by atoms with E-state index in [1.54, 1.807) is 23.1 Å². The first-order chi connectivity index (χ1) is 10.2. The van der Waals surface area contributed by atoms with Crippen molar-refractivity contribution in [3.8, 4) is 0 Å². The molecule has 1 amide bonds. The van der Waals surface area contributed by atoms with E-state index in [2.05, 4.69) is 16.8 Å². The predicted octanol–water partition coefficient (Wildman–Crippen LogP) is 2.83. The highest BCUT2D eigenvalue weighted by molar-refractivity contribution is 7.99. The average molecular weight is 327 g/mol. The van der Waals surface area contributed by atoms with Gasteiger partial charge in [0.15, 0.2) is 0 Å². The number of thiophene rings is 1. The van der Waals surface area contributed by atoms with E-state index < -0.39 is 0 Å². The Bertz CT molecular complexity index is 453. The molecule has 1 fully saturated rings. The third-order valence-electron chi connectivity index (χ3n) is 3.68. The fourth-order valence-electron chi connectivity index (χ4n) is 2.55. The number of carbonyl (C=O) groups excluding carboxylic acids is 2. The number of rotatable bonds is 6. The molecule has 1 aromatic rings. The van der Waals surface area contributed by atoms with Crippen LogP contribution in [0.2, 0.25) is 0 Å². The Morgan fingerprint density at radius 2 is 2.14 bits per heavy atom. The van der Waals surface area contributed by atoms with E-state index in [-0.39, 0.29) is 23.8 Å². The van der Waals surface area contributed by atoms with Gasteiger partial charge in [0.05, 0.1) is 18.8 Å². The standard InChI is InChI=1S/C15H21NO3S2/c1-19-15(18)11-4-6-12(7-5-11)16-14(17)10-20-9-13-3-2-8-21-13/h2-3,8,11-12H,4-7,9-10H2,1H3,(H,16,17). The molecule has 0 saturated heterocycles. The SMILES string of the molecule is COC(=O)C1CCC(NC(=O)CSCc2cccs2)CC1. The molecule has 116 valence electrons. The third-order valence-corrected chi connectivity index (χ3v) is 5.72. The second kappa shape index (κ2) is 8.44. The molecule has 0 aromatic carbocycles. The molecule has 21 heavy (non-hydrogen) atoms. The third kappa shape index (κ3) is 5.36. The molecule has 0 radical (unpaired) electrons. The summed E-state index contributed by atoms with van der Waals surface area (Å²) in [7, 11) is 1.43. The number of carbonyl (C=O) groups is 2. The Hall–Kier alpha value is -1.01. The van der Waals surface area contributed by atoms with Crippen molar-refractivity contribution in [3.63, 3.8) is 0 Å². The van der Waals surface area contributed by atoms with Gasteiger partial charge in [0.2, 0.25) is 5.91 Å². The number of thioether (sulfide) groups is 1. The van der Waals surface area contributed by atoms with Gasteiger partial charge in [-0.25, -0.2) is 0 Å². The fourth-order valence-corrected chi connectivity index (χ4v) is 4.23. The van der Waals surface area contributed by atoms with Crippen LogP contribution in [0.3, 0.4) is 0 Å². The molecule has 4 nitrogen and oxygen atoms in total. The van der Waals surface area contributed by atoms with Crippen molar-refractivity contribution in [2.45, 2.75) is 37.5 Å². The summed E-state index contributed by atoms with van der Waals surface area (Å²) in [6, 6.07) is 4.32. The molecule has 1 heterocycles. The number of hydrogen-bond donors (Lipinski definition) is 1. The van der Waals surface area contributed by atoms with Crippen LogP contribution >= 0.6 is 23.1 Å². The number of amides is 1. The van der Waals surface area contributed by atoms with E-state index >= 15 is 0 Å². The minimum atomic E-state index is -0.119. The number of methoxy groups -OCH3 is 1. The van der Waals surface area contributed by atoms with Crippen LogP contribution in [0.5, 0.6) is 0 Å². The first-order valence-corrected chi connectivity index (χ1v) is 9.19. The second-order valence-electron chi connectivity index (χ2n) is 5.21. The summed E-state index contributed by atoms with van der Waals surface area (Å²) in [5.74, 6) is 1.37. The van der Waals surface area contributed by atoms with E-state index in [9.17, 15) is 9.59 Å². The predicted molar refractivity (Wildman–Crippen MR) is 86.4 cm³/mol. The van der Waals surface area contributed by atoms with E-state index in [1.165, 1.54) is 12.0 Å². The van der Waals surface area contributed by atoms with Gasteiger partial charge in [-0.15, -0.1) is 23.1 Å². The van der Waals surface area contributed by atoms with Gasteiger partial charge < -0.3 is 10.1 Å². The Kier molecular flexibility index (Phi) is 6.57. The molecule has 1 saturated carbocycles. The van der Waals surface area contributed by atoms with Crippen LogP contribution in [0.15, 0.2) is 17.5 Å². The Balaban J connectivity index is 1.61. The average Bonchev–Trinajstić information content (AvgIpc) is 3.00. The lowest BCUT2D eigenvalue weighted by molar-refractivity contribution is -0.146. The molecular formula is C15H21NO3S2.